The van der Waals surface area contributed by atoms with Gasteiger partial charge in [-0.05, 0) is 26.1 Å². The van der Waals surface area contributed by atoms with Gasteiger partial charge in [-0.1, -0.05) is 0 Å². The molecule has 0 aromatic carbocycles. The van der Waals surface area contributed by atoms with Crippen LogP contribution in [0, 0.1) is 34.0 Å². The summed E-state index contributed by atoms with van der Waals surface area (Å²) in [5.41, 5.74) is -0.0351. The van der Waals surface area contributed by atoms with Crippen LogP contribution in [0.1, 0.15) is 13.8 Å². The smallest absolute Gasteiger partial charge is 0.172 e. The third kappa shape index (κ3) is 2.76. The quantitative estimate of drug-likeness (QED) is 0.703. The summed E-state index contributed by atoms with van der Waals surface area (Å²) in [6, 6.07) is 5.53. The monoisotopic (exact) mass is 254 g/mol. The van der Waals surface area contributed by atoms with Crippen LogP contribution >= 0.6 is 0 Å². The summed E-state index contributed by atoms with van der Waals surface area (Å²) in [6.45, 7) is 3.58. The largest absolute Gasteiger partial charge is 0.480 e. The normalized spacial score (nSPS) is 16.6. The molecule has 19 heavy (non-hydrogen) atoms. The Hall–Kier alpha value is -2.71. The van der Waals surface area contributed by atoms with E-state index >= 15 is 0 Å². The molecule has 0 aromatic rings. The minimum absolute atomic E-state index is 0.0657. The molecule has 1 heterocycles. The fourth-order valence-corrected chi connectivity index (χ4v) is 1.71. The molecule has 1 rings (SSSR count). The molecule has 1 aliphatic heterocycles. The van der Waals surface area contributed by atoms with Crippen molar-refractivity contribution in [3.8, 4) is 18.2 Å². The minimum atomic E-state index is -0.744. The van der Waals surface area contributed by atoms with Gasteiger partial charge in [0, 0.05) is 19.7 Å². The van der Waals surface area contributed by atoms with E-state index in [0.717, 1.165) is 0 Å². The minimum Gasteiger partial charge on any atom is -0.480 e. The van der Waals surface area contributed by atoms with Crippen molar-refractivity contribution in [2.75, 3.05) is 14.1 Å². The average Bonchev–Trinajstić information content (AvgIpc) is 2.59. The first-order valence-electron chi connectivity index (χ1n) is 5.60. The summed E-state index contributed by atoms with van der Waals surface area (Å²) in [4.78, 5) is 1.83. The van der Waals surface area contributed by atoms with Crippen molar-refractivity contribution >= 4 is 0 Å². The highest BCUT2D eigenvalue weighted by atomic mass is 16.5. The van der Waals surface area contributed by atoms with Gasteiger partial charge in [-0.2, -0.15) is 15.8 Å². The second kappa shape index (κ2) is 5.29. The molecule has 5 nitrogen and oxygen atoms in total. The maximum absolute atomic E-state index is 9.26. The van der Waals surface area contributed by atoms with E-state index < -0.39 is 5.60 Å². The van der Waals surface area contributed by atoms with E-state index in [-0.39, 0.29) is 16.9 Å². The van der Waals surface area contributed by atoms with Gasteiger partial charge in [0.25, 0.3) is 0 Å². The van der Waals surface area contributed by atoms with Crippen molar-refractivity contribution in [2.45, 2.75) is 19.4 Å². The maximum Gasteiger partial charge on any atom is 0.172 e. The Morgan fingerprint density at radius 2 is 1.79 bits per heavy atom. The fourth-order valence-electron chi connectivity index (χ4n) is 1.71. The molecule has 5 heteroatoms. The summed E-state index contributed by atoms with van der Waals surface area (Å²) in [7, 11) is 3.72. The highest BCUT2D eigenvalue weighted by Crippen LogP contribution is 2.39. The van der Waals surface area contributed by atoms with Gasteiger partial charge in [-0.3, -0.25) is 0 Å². The van der Waals surface area contributed by atoms with Crippen LogP contribution < -0.4 is 0 Å². The first-order valence-corrected chi connectivity index (χ1v) is 5.60. The number of ether oxygens (including phenoxy) is 1. The van der Waals surface area contributed by atoms with Crippen LogP contribution in [-0.2, 0) is 4.74 Å². The Bertz CT molecular complexity index is 585. The molecule has 0 fully saturated rings. The number of nitrogens with zero attached hydrogens (tertiary/aromatic N) is 4. The van der Waals surface area contributed by atoms with Crippen LogP contribution in [0.5, 0.6) is 0 Å². The van der Waals surface area contributed by atoms with Gasteiger partial charge in [-0.25, -0.2) is 0 Å². The molecule has 0 unspecified atom stereocenters. The van der Waals surface area contributed by atoms with E-state index in [1.54, 1.807) is 38.3 Å². The van der Waals surface area contributed by atoms with E-state index in [0.29, 0.717) is 5.57 Å². The lowest BCUT2D eigenvalue weighted by Crippen LogP contribution is -2.21. The molecule has 0 radical (unpaired) electrons. The van der Waals surface area contributed by atoms with Crippen LogP contribution in [0.2, 0.25) is 0 Å². The lowest BCUT2D eigenvalue weighted by Gasteiger charge is -2.20. The van der Waals surface area contributed by atoms with Gasteiger partial charge in [-0.15, -0.1) is 0 Å². The molecule has 0 atom stereocenters. The summed E-state index contributed by atoms with van der Waals surface area (Å²) < 4.78 is 5.61. The summed E-state index contributed by atoms with van der Waals surface area (Å²) in [6.07, 6.45) is 3.55. The van der Waals surface area contributed by atoms with E-state index in [4.69, 9.17) is 15.3 Å². The van der Waals surface area contributed by atoms with Gasteiger partial charge < -0.3 is 9.64 Å². The van der Waals surface area contributed by atoms with Crippen molar-refractivity contribution in [2.24, 2.45) is 0 Å². The third-order valence-electron chi connectivity index (χ3n) is 2.60. The molecular formula is C14H14N4O. The molecule has 0 saturated heterocycles. The highest BCUT2D eigenvalue weighted by Gasteiger charge is 2.38. The van der Waals surface area contributed by atoms with Crippen molar-refractivity contribution in [3.05, 3.63) is 34.8 Å². The molecule has 96 valence electrons. The lowest BCUT2D eigenvalue weighted by molar-refractivity contribution is 0.0953. The average molecular weight is 254 g/mol. The van der Waals surface area contributed by atoms with Gasteiger partial charge in [0.1, 0.15) is 29.4 Å². The predicted molar refractivity (Wildman–Crippen MR) is 68.9 cm³/mol. The Kier molecular flexibility index (Phi) is 4.00. The van der Waals surface area contributed by atoms with Crippen LogP contribution in [0.3, 0.4) is 0 Å². The lowest BCUT2D eigenvalue weighted by atomic mass is 9.95. The molecule has 0 bridgehead atoms. The molecule has 0 aromatic heterocycles. The first-order chi connectivity index (χ1) is 8.87. The van der Waals surface area contributed by atoms with Crippen molar-refractivity contribution in [1.82, 2.24) is 4.90 Å². The second-order valence-corrected chi connectivity index (χ2v) is 4.72. The van der Waals surface area contributed by atoms with E-state index in [9.17, 15) is 5.26 Å². The number of allylic oxidation sites excluding steroid dienone is 2. The predicted octanol–water partition coefficient (Wildman–Crippen LogP) is 1.99. The number of hydrogen-bond donors (Lipinski definition) is 0. The van der Waals surface area contributed by atoms with Crippen LogP contribution in [0.4, 0.5) is 0 Å². The van der Waals surface area contributed by atoms with Crippen LogP contribution in [0.15, 0.2) is 34.8 Å². The number of hydrogen-bond acceptors (Lipinski definition) is 5. The summed E-state index contributed by atoms with van der Waals surface area (Å²) in [5.74, 6) is 0.0657. The number of rotatable bonds is 2. The zero-order valence-electron chi connectivity index (χ0n) is 11.4. The van der Waals surface area contributed by atoms with Gasteiger partial charge in [0.05, 0.1) is 0 Å². The van der Waals surface area contributed by atoms with Crippen LogP contribution in [-0.4, -0.2) is 24.6 Å². The van der Waals surface area contributed by atoms with Crippen LogP contribution in [0.25, 0.3) is 0 Å². The Morgan fingerprint density at radius 1 is 1.21 bits per heavy atom. The summed E-state index contributed by atoms with van der Waals surface area (Å²) in [5, 5.41) is 27.1. The number of nitriles is 3. The molecule has 0 spiro atoms. The Morgan fingerprint density at radius 3 is 2.21 bits per heavy atom. The van der Waals surface area contributed by atoms with E-state index in [1.807, 2.05) is 25.1 Å². The zero-order valence-corrected chi connectivity index (χ0v) is 11.4. The van der Waals surface area contributed by atoms with Crippen molar-refractivity contribution < 1.29 is 4.74 Å². The summed E-state index contributed by atoms with van der Waals surface area (Å²) >= 11 is 0. The highest BCUT2D eigenvalue weighted by molar-refractivity contribution is 5.59. The zero-order chi connectivity index (χ0) is 14.6. The molecule has 0 saturated carbocycles. The van der Waals surface area contributed by atoms with E-state index in [1.165, 1.54) is 0 Å². The van der Waals surface area contributed by atoms with Gasteiger partial charge >= 0.3 is 0 Å². The molecule has 0 N–H and O–H groups in total. The molecular weight excluding hydrogens is 240 g/mol. The topological polar surface area (TPSA) is 83.8 Å². The Balaban J connectivity index is 3.50. The molecule has 0 amide bonds. The second-order valence-electron chi connectivity index (χ2n) is 4.72. The first kappa shape index (κ1) is 14.4. The maximum atomic E-state index is 9.26. The fraction of sp³-hybridized carbons (Fsp3) is 0.357. The molecule has 0 aliphatic carbocycles. The van der Waals surface area contributed by atoms with Gasteiger partial charge in [0.2, 0.25) is 0 Å². The van der Waals surface area contributed by atoms with Gasteiger partial charge in [0.15, 0.2) is 11.3 Å². The third-order valence-corrected chi connectivity index (χ3v) is 2.60. The molecule has 1 aliphatic rings. The standard InChI is InChI=1S/C14H14N4O/c1-14(2)12(5-6-18(3)4)11(9-17)13(19-14)10(7-15)8-16/h5-6H,1-4H3/b6-5+. The Labute approximate surface area is 112 Å². The SMILES string of the molecule is CN(C)/C=C/C1=C(C#N)C(=C(C#N)C#N)OC1(C)C. The van der Waals surface area contributed by atoms with Crippen molar-refractivity contribution in [3.63, 3.8) is 0 Å². The van der Waals surface area contributed by atoms with Crippen molar-refractivity contribution in [1.29, 1.82) is 15.8 Å². The van der Waals surface area contributed by atoms with E-state index in [2.05, 4.69) is 0 Å².